The number of nitrogens with zero attached hydrogens (tertiary/aromatic N) is 4. The standard InChI is InChI=1S/C26H26N4O2S2/c1-16-9-12-33-25(16)22-14-19-24(26(32)29(4)15-23-27-10-11-28(23)3)20(31)13-17(2)30(19)18-7-5-6-8-21(18)34-22/h5-13,22H,14-15H2,1-4H3. The number of imidazole rings is 1. The van der Waals surface area contributed by atoms with Crippen molar-refractivity contribution in [2.45, 2.75) is 37.0 Å². The number of thioether (sulfide) groups is 1. The van der Waals surface area contributed by atoms with Gasteiger partial charge in [0.2, 0.25) is 0 Å². The normalized spacial score (nSPS) is 14.9. The number of pyridine rings is 1. The molecule has 34 heavy (non-hydrogen) atoms. The lowest BCUT2D eigenvalue weighted by molar-refractivity contribution is 0.0777. The van der Waals surface area contributed by atoms with Crippen molar-refractivity contribution in [1.29, 1.82) is 0 Å². The summed E-state index contributed by atoms with van der Waals surface area (Å²) in [7, 11) is 3.63. The molecule has 4 heterocycles. The Balaban J connectivity index is 1.68. The Bertz CT molecular complexity index is 1450. The average Bonchev–Trinajstić information content (AvgIpc) is 3.36. The predicted octanol–water partition coefficient (Wildman–Crippen LogP) is 4.91. The molecular formula is C26H26N4O2S2. The lowest BCUT2D eigenvalue weighted by Crippen LogP contribution is -2.34. The summed E-state index contributed by atoms with van der Waals surface area (Å²) in [6.07, 6.45) is 4.15. The highest BCUT2D eigenvalue weighted by Gasteiger charge is 2.31. The molecule has 0 saturated carbocycles. The fourth-order valence-electron chi connectivity index (χ4n) is 4.55. The minimum Gasteiger partial charge on any atom is -0.337 e. The molecule has 4 aromatic rings. The highest BCUT2D eigenvalue weighted by atomic mass is 32.2. The zero-order valence-corrected chi connectivity index (χ0v) is 21.2. The molecular weight excluding hydrogens is 464 g/mol. The molecule has 1 amide bonds. The Labute approximate surface area is 206 Å². The van der Waals surface area contributed by atoms with Crippen LogP contribution in [0.4, 0.5) is 0 Å². The summed E-state index contributed by atoms with van der Waals surface area (Å²) in [6.45, 7) is 4.39. The molecule has 1 aliphatic heterocycles. The van der Waals surface area contributed by atoms with Crippen molar-refractivity contribution >= 4 is 29.0 Å². The number of aromatic nitrogens is 3. The van der Waals surface area contributed by atoms with Crippen LogP contribution in [0.2, 0.25) is 0 Å². The predicted molar refractivity (Wildman–Crippen MR) is 137 cm³/mol. The third-order valence-corrected chi connectivity index (χ3v) is 8.87. The van der Waals surface area contributed by atoms with Crippen LogP contribution >= 0.6 is 23.1 Å². The van der Waals surface area contributed by atoms with E-state index in [9.17, 15) is 9.59 Å². The van der Waals surface area contributed by atoms with Crippen molar-refractivity contribution in [3.05, 3.63) is 97.6 Å². The summed E-state index contributed by atoms with van der Waals surface area (Å²) >= 11 is 3.54. The maximum absolute atomic E-state index is 13.7. The van der Waals surface area contributed by atoms with Gasteiger partial charge in [0.1, 0.15) is 11.4 Å². The number of carbonyl (C=O) groups excluding carboxylic acids is 1. The summed E-state index contributed by atoms with van der Waals surface area (Å²) in [5, 5.41) is 2.22. The second-order valence-corrected chi connectivity index (χ2v) is 10.9. The summed E-state index contributed by atoms with van der Waals surface area (Å²) in [5.41, 5.74) is 3.88. The molecule has 0 aliphatic carbocycles. The summed E-state index contributed by atoms with van der Waals surface area (Å²) in [4.78, 5) is 35.4. The van der Waals surface area contributed by atoms with E-state index in [-0.39, 0.29) is 22.1 Å². The zero-order valence-electron chi connectivity index (χ0n) is 19.6. The maximum Gasteiger partial charge on any atom is 0.259 e. The van der Waals surface area contributed by atoms with E-state index in [1.54, 1.807) is 47.3 Å². The number of para-hydroxylation sites is 1. The van der Waals surface area contributed by atoms with E-state index in [1.165, 1.54) is 10.4 Å². The van der Waals surface area contributed by atoms with Gasteiger partial charge in [-0.3, -0.25) is 9.59 Å². The van der Waals surface area contributed by atoms with Gasteiger partial charge >= 0.3 is 0 Å². The summed E-state index contributed by atoms with van der Waals surface area (Å²) < 4.78 is 3.99. The van der Waals surface area contributed by atoms with Crippen LogP contribution in [0.15, 0.2) is 63.9 Å². The van der Waals surface area contributed by atoms with Crippen LogP contribution in [0.25, 0.3) is 5.69 Å². The van der Waals surface area contributed by atoms with Gasteiger partial charge < -0.3 is 14.0 Å². The Morgan fingerprint density at radius 3 is 2.74 bits per heavy atom. The number of hydrogen-bond acceptors (Lipinski definition) is 5. The van der Waals surface area contributed by atoms with Crippen LogP contribution in [-0.4, -0.2) is 32.0 Å². The summed E-state index contributed by atoms with van der Waals surface area (Å²) in [5.74, 6) is 0.491. The molecule has 1 unspecified atom stereocenters. The first-order valence-electron chi connectivity index (χ1n) is 11.1. The van der Waals surface area contributed by atoms with Gasteiger partial charge in [-0.2, -0.15) is 0 Å². The number of thiophene rings is 1. The van der Waals surface area contributed by atoms with E-state index in [0.29, 0.717) is 13.0 Å². The van der Waals surface area contributed by atoms with Crippen molar-refractivity contribution in [3.63, 3.8) is 0 Å². The van der Waals surface area contributed by atoms with Crippen molar-refractivity contribution in [1.82, 2.24) is 19.0 Å². The van der Waals surface area contributed by atoms with Gasteiger partial charge in [-0.05, 0) is 43.0 Å². The second kappa shape index (κ2) is 8.92. The van der Waals surface area contributed by atoms with Crippen LogP contribution in [0.3, 0.4) is 0 Å². The first-order chi connectivity index (χ1) is 16.3. The Hall–Kier alpha value is -3.10. The van der Waals surface area contributed by atoms with Gasteiger partial charge in [-0.15, -0.1) is 23.1 Å². The SMILES string of the molecule is Cc1ccsc1C1Cc2c(C(=O)N(C)Cc3nccn3C)c(=O)cc(C)n2-c2ccccc2S1. The maximum atomic E-state index is 13.7. The van der Waals surface area contributed by atoms with Crippen LogP contribution in [-0.2, 0) is 20.0 Å². The second-order valence-electron chi connectivity index (χ2n) is 8.67. The molecule has 8 heteroatoms. The molecule has 1 aromatic carbocycles. The van der Waals surface area contributed by atoms with Gasteiger partial charge in [-0.1, -0.05) is 12.1 Å². The number of aryl methyl sites for hydroxylation is 3. The molecule has 5 rings (SSSR count). The quantitative estimate of drug-likeness (QED) is 0.408. The molecule has 174 valence electrons. The minimum absolute atomic E-state index is 0.113. The van der Waals surface area contributed by atoms with Crippen molar-refractivity contribution < 1.29 is 4.79 Å². The van der Waals surface area contributed by atoms with Crippen LogP contribution in [0, 0.1) is 13.8 Å². The molecule has 1 atom stereocenters. The van der Waals surface area contributed by atoms with Gasteiger partial charge in [0, 0.05) is 65.4 Å². The lowest BCUT2D eigenvalue weighted by Gasteiger charge is -2.23. The minimum atomic E-state index is -0.275. The first kappa shape index (κ1) is 22.7. The molecule has 1 aliphatic rings. The van der Waals surface area contributed by atoms with Crippen molar-refractivity contribution in [3.8, 4) is 5.69 Å². The highest BCUT2D eigenvalue weighted by molar-refractivity contribution is 7.99. The monoisotopic (exact) mass is 490 g/mol. The van der Waals surface area contributed by atoms with Crippen LogP contribution in [0.1, 0.15) is 43.3 Å². The third kappa shape index (κ3) is 3.91. The van der Waals surface area contributed by atoms with Crippen molar-refractivity contribution in [2.24, 2.45) is 7.05 Å². The highest BCUT2D eigenvalue weighted by Crippen LogP contribution is 2.46. The van der Waals surface area contributed by atoms with E-state index in [1.807, 2.05) is 36.9 Å². The molecule has 0 saturated heterocycles. The Kier molecular flexibility index (Phi) is 5.95. The molecule has 0 bridgehead atoms. The van der Waals surface area contributed by atoms with E-state index in [4.69, 9.17) is 0 Å². The number of hydrogen-bond donors (Lipinski definition) is 0. The fourth-order valence-corrected chi connectivity index (χ4v) is 7.04. The number of carbonyl (C=O) groups is 1. The zero-order chi connectivity index (χ0) is 24.0. The van der Waals surface area contributed by atoms with Crippen LogP contribution < -0.4 is 5.43 Å². The van der Waals surface area contributed by atoms with Gasteiger partial charge in [0.05, 0.1) is 12.2 Å². The van der Waals surface area contributed by atoms with Gasteiger partial charge in [0.25, 0.3) is 5.91 Å². The number of fused-ring (bicyclic) bond motifs is 3. The van der Waals surface area contributed by atoms with Gasteiger partial charge in [-0.25, -0.2) is 4.98 Å². The Morgan fingerprint density at radius 2 is 2.03 bits per heavy atom. The van der Waals surface area contributed by atoms with E-state index in [0.717, 1.165) is 27.8 Å². The topological polar surface area (TPSA) is 60.1 Å². The molecule has 0 fully saturated rings. The first-order valence-corrected chi connectivity index (χ1v) is 12.9. The van der Waals surface area contributed by atoms with Gasteiger partial charge in [0.15, 0.2) is 5.43 Å². The van der Waals surface area contributed by atoms with Crippen molar-refractivity contribution in [2.75, 3.05) is 7.05 Å². The Morgan fingerprint density at radius 1 is 1.24 bits per heavy atom. The smallest absolute Gasteiger partial charge is 0.259 e. The van der Waals surface area contributed by atoms with Crippen LogP contribution in [0.5, 0.6) is 0 Å². The van der Waals surface area contributed by atoms with E-state index >= 15 is 0 Å². The summed E-state index contributed by atoms with van der Waals surface area (Å²) in [6, 6.07) is 12.0. The number of benzene rings is 1. The van der Waals surface area contributed by atoms with E-state index < -0.39 is 0 Å². The molecule has 0 N–H and O–H groups in total. The number of rotatable bonds is 4. The fraction of sp³-hybridized carbons (Fsp3) is 0.269. The largest absolute Gasteiger partial charge is 0.337 e. The lowest BCUT2D eigenvalue weighted by atomic mass is 10.0. The van der Waals surface area contributed by atoms with E-state index in [2.05, 4.69) is 40.1 Å². The molecule has 6 nitrogen and oxygen atoms in total. The molecule has 0 radical (unpaired) electrons. The average molecular weight is 491 g/mol. The molecule has 3 aromatic heterocycles. The number of amides is 1. The molecule has 0 spiro atoms. The third-order valence-electron chi connectivity index (χ3n) is 6.31.